The van der Waals surface area contributed by atoms with Crippen molar-refractivity contribution in [2.45, 2.75) is 25.4 Å². The van der Waals surface area contributed by atoms with Gasteiger partial charge in [0.2, 0.25) is 17.8 Å². The zero-order valence-electron chi connectivity index (χ0n) is 17.2. The summed E-state index contributed by atoms with van der Waals surface area (Å²) in [6.45, 7) is 1.92. The van der Waals surface area contributed by atoms with Crippen molar-refractivity contribution in [3.8, 4) is 0 Å². The third kappa shape index (κ3) is 4.86. The second-order valence-electron chi connectivity index (χ2n) is 7.54. The Kier molecular flexibility index (Phi) is 5.62. The first kappa shape index (κ1) is 22.1. The first-order chi connectivity index (χ1) is 15.6. The molecule has 1 aromatic heterocycles. The Morgan fingerprint density at radius 1 is 1.09 bits per heavy atom. The van der Waals surface area contributed by atoms with Gasteiger partial charge in [0.25, 0.3) is 5.56 Å². The third-order valence-electron chi connectivity index (χ3n) is 5.04. The van der Waals surface area contributed by atoms with Crippen molar-refractivity contribution in [1.82, 2.24) is 9.97 Å². The van der Waals surface area contributed by atoms with Gasteiger partial charge in [0.05, 0.1) is 17.0 Å². The predicted molar refractivity (Wildman–Crippen MR) is 115 cm³/mol. The number of aromatic amines is 1. The van der Waals surface area contributed by atoms with E-state index < -0.39 is 35.0 Å². The molecule has 2 heterocycles. The molecule has 0 spiro atoms. The lowest BCUT2D eigenvalue weighted by Crippen LogP contribution is -2.36. The molecule has 3 aromatic rings. The number of fused-ring (bicyclic) bond motifs is 1. The molecule has 4 rings (SSSR count). The van der Waals surface area contributed by atoms with Crippen molar-refractivity contribution in [3.05, 3.63) is 75.6 Å². The van der Waals surface area contributed by atoms with Crippen molar-refractivity contribution < 1.29 is 22.8 Å². The summed E-state index contributed by atoms with van der Waals surface area (Å²) >= 11 is 0. The lowest BCUT2D eigenvalue weighted by Gasteiger charge is -2.23. The fourth-order valence-electron chi connectivity index (χ4n) is 3.43. The normalized spacial score (nSPS) is 15.4. The van der Waals surface area contributed by atoms with E-state index in [4.69, 9.17) is 0 Å². The summed E-state index contributed by atoms with van der Waals surface area (Å²) in [7, 11) is 0. The molecule has 2 amide bonds. The minimum absolute atomic E-state index is 0.0573. The molecule has 33 heavy (non-hydrogen) atoms. The summed E-state index contributed by atoms with van der Waals surface area (Å²) in [6, 6.07) is 11.3. The smallest absolute Gasteiger partial charge is 0.326 e. The molecule has 1 aliphatic rings. The van der Waals surface area contributed by atoms with Crippen LogP contribution in [0.1, 0.15) is 29.0 Å². The van der Waals surface area contributed by atoms with Gasteiger partial charge in [-0.05, 0) is 37.3 Å². The Morgan fingerprint density at radius 2 is 1.82 bits per heavy atom. The van der Waals surface area contributed by atoms with Crippen LogP contribution in [0.15, 0.2) is 53.3 Å². The van der Waals surface area contributed by atoms with Crippen LogP contribution in [0.2, 0.25) is 0 Å². The second-order valence-corrected chi connectivity index (χ2v) is 7.54. The number of anilines is 4. The highest BCUT2D eigenvalue weighted by atomic mass is 19.4. The van der Waals surface area contributed by atoms with E-state index in [1.54, 1.807) is 12.1 Å². The van der Waals surface area contributed by atoms with Gasteiger partial charge in [-0.25, -0.2) is 0 Å². The van der Waals surface area contributed by atoms with Gasteiger partial charge in [-0.2, -0.15) is 18.2 Å². The number of benzene rings is 2. The van der Waals surface area contributed by atoms with Crippen LogP contribution in [-0.4, -0.2) is 21.8 Å². The number of hydrogen-bond acceptors (Lipinski definition) is 5. The second kappa shape index (κ2) is 8.41. The summed E-state index contributed by atoms with van der Waals surface area (Å²) < 4.78 is 38.8. The quantitative estimate of drug-likeness (QED) is 0.474. The summed E-state index contributed by atoms with van der Waals surface area (Å²) in [6.07, 6.45) is -4.94. The minimum atomic E-state index is -4.58. The zero-order chi connectivity index (χ0) is 23.8. The number of alkyl halides is 3. The third-order valence-corrected chi connectivity index (χ3v) is 5.04. The van der Waals surface area contributed by atoms with Gasteiger partial charge in [-0.1, -0.05) is 23.8 Å². The average molecular weight is 457 g/mol. The number of nitrogens with one attached hydrogen (secondary N) is 4. The maximum Gasteiger partial charge on any atom is 0.416 e. The topological polar surface area (TPSA) is 116 Å². The number of aryl methyl sites for hydroxylation is 1. The summed E-state index contributed by atoms with van der Waals surface area (Å²) in [5.74, 6) is -2.60. The van der Waals surface area contributed by atoms with E-state index in [-0.39, 0.29) is 29.4 Å². The lowest BCUT2D eigenvalue weighted by atomic mass is 9.92. The van der Waals surface area contributed by atoms with Crippen LogP contribution in [0.25, 0.3) is 0 Å². The van der Waals surface area contributed by atoms with Gasteiger partial charge in [0, 0.05) is 17.8 Å². The number of nitrogens with zero attached hydrogens (tertiary/aromatic N) is 1. The Bertz CT molecular complexity index is 1290. The molecular formula is C22H18F3N5O3. The lowest BCUT2D eigenvalue weighted by molar-refractivity contribution is -0.137. The maximum absolute atomic E-state index is 12.9. The molecule has 170 valence electrons. The molecule has 11 heteroatoms. The molecule has 8 nitrogen and oxygen atoms in total. The largest absolute Gasteiger partial charge is 0.416 e. The fourth-order valence-corrected chi connectivity index (χ4v) is 3.43. The summed E-state index contributed by atoms with van der Waals surface area (Å²) in [5.41, 5.74) is -0.0934. The molecule has 0 radical (unpaired) electrons. The number of carbonyl (C=O) groups excluding carboxylic acids is 2. The van der Waals surface area contributed by atoms with Gasteiger partial charge in [0.15, 0.2) is 0 Å². The fraction of sp³-hybridized carbons (Fsp3) is 0.182. The number of halogens is 3. The highest BCUT2D eigenvalue weighted by Crippen LogP contribution is 2.33. The number of rotatable bonds is 4. The number of hydrogen-bond donors (Lipinski definition) is 4. The number of carbonyl (C=O) groups is 2. The Hall–Kier alpha value is -4.15. The Balaban J connectivity index is 1.61. The van der Waals surface area contributed by atoms with E-state index in [1.165, 1.54) is 6.07 Å². The van der Waals surface area contributed by atoms with Crippen molar-refractivity contribution in [2.24, 2.45) is 0 Å². The summed E-state index contributed by atoms with van der Waals surface area (Å²) in [5, 5.41) is 7.75. The van der Waals surface area contributed by atoms with Crippen molar-refractivity contribution in [1.29, 1.82) is 0 Å². The Morgan fingerprint density at radius 3 is 2.52 bits per heavy atom. The minimum Gasteiger partial charge on any atom is -0.326 e. The molecule has 1 unspecified atom stereocenters. The van der Waals surface area contributed by atoms with E-state index in [2.05, 4.69) is 25.9 Å². The Labute approximate surface area is 185 Å². The van der Waals surface area contributed by atoms with Crippen LogP contribution in [0.5, 0.6) is 0 Å². The van der Waals surface area contributed by atoms with Gasteiger partial charge in [0.1, 0.15) is 5.82 Å². The van der Waals surface area contributed by atoms with Crippen molar-refractivity contribution in [2.75, 3.05) is 16.0 Å². The first-order valence-electron chi connectivity index (χ1n) is 9.86. The number of H-pyrrole nitrogens is 1. The molecule has 1 aliphatic heterocycles. The van der Waals surface area contributed by atoms with E-state index in [0.717, 1.165) is 23.8 Å². The molecule has 0 saturated carbocycles. The molecule has 0 aliphatic carbocycles. The summed E-state index contributed by atoms with van der Waals surface area (Å²) in [4.78, 5) is 44.5. The van der Waals surface area contributed by atoms with Crippen LogP contribution < -0.4 is 21.5 Å². The van der Waals surface area contributed by atoms with E-state index in [0.29, 0.717) is 5.69 Å². The van der Waals surface area contributed by atoms with Crippen LogP contribution in [0, 0.1) is 6.92 Å². The van der Waals surface area contributed by atoms with Crippen molar-refractivity contribution in [3.63, 3.8) is 0 Å². The van der Waals surface area contributed by atoms with Crippen molar-refractivity contribution >= 4 is 35.0 Å². The van der Waals surface area contributed by atoms with Gasteiger partial charge >= 0.3 is 6.18 Å². The van der Waals surface area contributed by atoms with Gasteiger partial charge in [-0.15, -0.1) is 0 Å². The van der Waals surface area contributed by atoms with Crippen LogP contribution >= 0.6 is 0 Å². The van der Waals surface area contributed by atoms with Gasteiger partial charge in [-0.3, -0.25) is 19.4 Å². The van der Waals surface area contributed by atoms with E-state index in [1.807, 2.05) is 19.1 Å². The monoisotopic (exact) mass is 457 g/mol. The van der Waals surface area contributed by atoms with Crippen LogP contribution in [0.3, 0.4) is 0 Å². The highest BCUT2D eigenvalue weighted by Gasteiger charge is 2.35. The number of aromatic nitrogens is 2. The van der Waals surface area contributed by atoms with E-state index >= 15 is 0 Å². The molecular weight excluding hydrogens is 439 g/mol. The molecule has 0 bridgehead atoms. The molecule has 0 fully saturated rings. The number of amides is 2. The van der Waals surface area contributed by atoms with Crippen LogP contribution in [-0.2, 0) is 15.8 Å². The highest BCUT2D eigenvalue weighted by molar-refractivity contribution is 6.04. The first-order valence-corrected chi connectivity index (χ1v) is 9.86. The standard InChI is InChI=1S/C22H18F3N5O3/c1-11-5-7-13(8-6-11)27-21-29-18-17(20(33)30-21)15(10-16(31)28-18)19(32)26-14-4-2-3-12(9-14)22(23,24)25/h2-9,15H,10H2,1H3,(H,26,32)(H3,27,28,29,30,31,33). The molecule has 2 aromatic carbocycles. The maximum atomic E-state index is 12.9. The molecule has 0 saturated heterocycles. The zero-order valence-corrected chi connectivity index (χ0v) is 17.2. The molecule has 4 N–H and O–H groups in total. The SMILES string of the molecule is Cc1ccc(Nc2nc3c(c(=O)[nH]2)C(C(=O)Nc2cccc(C(F)(F)F)c2)CC(=O)N3)cc1. The predicted octanol–water partition coefficient (Wildman–Crippen LogP) is 3.91. The average Bonchev–Trinajstić information content (AvgIpc) is 2.74. The van der Waals surface area contributed by atoms with E-state index in [9.17, 15) is 27.6 Å². The van der Waals surface area contributed by atoms with Gasteiger partial charge < -0.3 is 16.0 Å². The molecule has 1 atom stereocenters. The van der Waals surface area contributed by atoms with Crippen LogP contribution in [0.4, 0.5) is 36.3 Å².